The molecule has 6 nitrogen and oxygen atoms in total. The second kappa shape index (κ2) is 8.80. The number of hydrogen-bond donors (Lipinski definition) is 2. The maximum absolute atomic E-state index is 12.4. The third-order valence-electron chi connectivity index (χ3n) is 4.62. The molecule has 0 aliphatic rings. The molecule has 3 aromatic carbocycles. The standard InChI is InChI=1S/C23H19ClN4O2/c1-15-19(8-5-9-20(15)26-23(29)17-6-3-2-4-7-17)25-14-21-27-22(28-30-21)16-10-12-18(24)13-11-16/h2-13,25H,14H2,1H3,(H,26,29). The van der Waals surface area contributed by atoms with Gasteiger partial charge in [0, 0.05) is 27.5 Å². The number of nitrogens with zero attached hydrogens (tertiary/aromatic N) is 2. The summed E-state index contributed by atoms with van der Waals surface area (Å²) in [7, 11) is 0. The van der Waals surface area contributed by atoms with Crippen molar-refractivity contribution in [3.05, 3.63) is 94.8 Å². The summed E-state index contributed by atoms with van der Waals surface area (Å²) in [6.07, 6.45) is 0. The van der Waals surface area contributed by atoms with E-state index in [4.69, 9.17) is 16.1 Å². The second-order valence-corrected chi connectivity index (χ2v) is 7.11. The van der Waals surface area contributed by atoms with E-state index in [1.807, 2.05) is 55.5 Å². The lowest BCUT2D eigenvalue weighted by atomic mass is 10.1. The van der Waals surface area contributed by atoms with Crippen molar-refractivity contribution >= 4 is 28.9 Å². The number of aromatic nitrogens is 2. The molecule has 4 rings (SSSR count). The van der Waals surface area contributed by atoms with Crippen LogP contribution in [0.25, 0.3) is 11.4 Å². The first-order chi connectivity index (χ1) is 14.6. The van der Waals surface area contributed by atoms with Crippen LogP contribution in [0, 0.1) is 6.92 Å². The van der Waals surface area contributed by atoms with Gasteiger partial charge in [0.1, 0.15) is 0 Å². The Hall–Kier alpha value is -3.64. The number of amides is 1. The average Bonchev–Trinajstić information content (AvgIpc) is 3.24. The van der Waals surface area contributed by atoms with Crippen molar-refractivity contribution in [1.82, 2.24) is 10.1 Å². The first kappa shape index (κ1) is 19.7. The Kier molecular flexibility index (Phi) is 5.77. The Bertz CT molecular complexity index is 1160. The molecule has 1 aromatic heterocycles. The Morgan fingerprint density at radius 1 is 0.967 bits per heavy atom. The normalized spacial score (nSPS) is 10.6. The SMILES string of the molecule is Cc1c(NCc2nc(-c3ccc(Cl)cc3)no2)cccc1NC(=O)c1ccccc1. The summed E-state index contributed by atoms with van der Waals surface area (Å²) in [5.41, 5.74) is 3.96. The number of rotatable bonds is 6. The predicted octanol–water partition coefficient (Wildman–Crippen LogP) is 5.56. The highest BCUT2D eigenvalue weighted by Gasteiger charge is 2.12. The van der Waals surface area contributed by atoms with E-state index in [0.717, 1.165) is 22.5 Å². The predicted molar refractivity (Wildman–Crippen MR) is 118 cm³/mol. The van der Waals surface area contributed by atoms with E-state index < -0.39 is 0 Å². The van der Waals surface area contributed by atoms with Crippen LogP contribution in [-0.4, -0.2) is 16.0 Å². The molecule has 30 heavy (non-hydrogen) atoms. The molecule has 1 amide bonds. The molecule has 0 atom stereocenters. The van der Waals surface area contributed by atoms with Crippen molar-refractivity contribution < 1.29 is 9.32 Å². The molecule has 2 N–H and O–H groups in total. The van der Waals surface area contributed by atoms with Gasteiger partial charge in [-0.3, -0.25) is 4.79 Å². The fraction of sp³-hybridized carbons (Fsp3) is 0.0870. The molecule has 0 fully saturated rings. The molecule has 1 heterocycles. The Morgan fingerprint density at radius 2 is 1.70 bits per heavy atom. The highest BCUT2D eigenvalue weighted by atomic mass is 35.5. The first-order valence-corrected chi connectivity index (χ1v) is 9.76. The van der Waals surface area contributed by atoms with E-state index >= 15 is 0 Å². The number of nitrogens with one attached hydrogen (secondary N) is 2. The number of anilines is 2. The van der Waals surface area contributed by atoms with Crippen LogP contribution in [0.5, 0.6) is 0 Å². The lowest BCUT2D eigenvalue weighted by Crippen LogP contribution is -2.13. The largest absolute Gasteiger partial charge is 0.376 e. The lowest BCUT2D eigenvalue weighted by molar-refractivity contribution is 0.102. The van der Waals surface area contributed by atoms with Crippen LogP contribution in [0.2, 0.25) is 5.02 Å². The van der Waals surface area contributed by atoms with Gasteiger partial charge in [-0.25, -0.2) is 0 Å². The second-order valence-electron chi connectivity index (χ2n) is 6.67. The summed E-state index contributed by atoms with van der Waals surface area (Å²) in [6.45, 7) is 2.30. The van der Waals surface area contributed by atoms with Gasteiger partial charge in [-0.2, -0.15) is 4.98 Å². The number of halogens is 1. The average molecular weight is 419 g/mol. The quantitative estimate of drug-likeness (QED) is 0.428. The number of carbonyl (C=O) groups is 1. The van der Waals surface area contributed by atoms with Crippen LogP contribution in [0.1, 0.15) is 21.8 Å². The number of carbonyl (C=O) groups excluding carboxylic acids is 1. The third kappa shape index (κ3) is 4.50. The van der Waals surface area contributed by atoms with Gasteiger partial charge >= 0.3 is 0 Å². The van der Waals surface area contributed by atoms with Crippen LogP contribution >= 0.6 is 11.6 Å². The zero-order chi connectivity index (χ0) is 20.9. The Labute approximate surface area is 178 Å². The van der Waals surface area contributed by atoms with Crippen molar-refractivity contribution in [3.63, 3.8) is 0 Å². The molecule has 0 aliphatic heterocycles. The van der Waals surface area contributed by atoms with Gasteiger partial charge in [-0.05, 0) is 61.0 Å². The molecule has 0 bridgehead atoms. The minimum Gasteiger partial charge on any atom is -0.376 e. The van der Waals surface area contributed by atoms with Crippen LogP contribution < -0.4 is 10.6 Å². The molecule has 0 spiro atoms. The number of hydrogen-bond acceptors (Lipinski definition) is 5. The van der Waals surface area contributed by atoms with Crippen molar-refractivity contribution in [2.24, 2.45) is 0 Å². The molecular weight excluding hydrogens is 400 g/mol. The van der Waals surface area contributed by atoms with E-state index in [-0.39, 0.29) is 5.91 Å². The maximum Gasteiger partial charge on any atom is 0.255 e. The van der Waals surface area contributed by atoms with E-state index in [1.54, 1.807) is 24.3 Å². The fourth-order valence-corrected chi connectivity index (χ4v) is 3.09. The fourth-order valence-electron chi connectivity index (χ4n) is 2.96. The highest BCUT2D eigenvalue weighted by Crippen LogP contribution is 2.25. The van der Waals surface area contributed by atoms with Crippen LogP contribution in [-0.2, 0) is 6.54 Å². The topological polar surface area (TPSA) is 80.1 Å². The van der Waals surface area contributed by atoms with Crippen LogP contribution in [0.4, 0.5) is 11.4 Å². The monoisotopic (exact) mass is 418 g/mol. The van der Waals surface area contributed by atoms with Crippen molar-refractivity contribution in [2.45, 2.75) is 13.5 Å². The van der Waals surface area contributed by atoms with Crippen molar-refractivity contribution in [3.8, 4) is 11.4 Å². The van der Waals surface area contributed by atoms with E-state index in [9.17, 15) is 4.79 Å². The minimum atomic E-state index is -0.152. The van der Waals surface area contributed by atoms with Gasteiger partial charge in [0.2, 0.25) is 11.7 Å². The van der Waals surface area contributed by atoms with Crippen molar-refractivity contribution in [2.75, 3.05) is 10.6 Å². The molecule has 0 unspecified atom stereocenters. The smallest absolute Gasteiger partial charge is 0.255 e. The van der Waals surface area contributed by atoms with Gasteiger partial charge in [0.25, 0.3) is 5.91 Å². The Morgan fingerprint density at radius 3 is 2.47 bits per heavy atom. The summed E-state index contributed by atoms with van der Waals surface area (Å²) in [5, 5.41) is 10.9. The summed E-state index contributed by atoms with van der Waals surface area (Å²) < 4.78 is 5.34. The van der Waals surface area contributed by atoms with Gasteiger partial charge < -0.3 is 15.2 Å². The van der Waals surface area contributed by atoms with E-state index in [2.05, 4.69) is 20.8 Å². The molecule has 0 saturated carbocycles. The molecule has 0 aliphatic carbocycles. The van der Waals surface area contributed by atoms with Crippen LogP contribution in [0.15, 0.2) is 77.3 Å². The summed E-state index contributed by atoms with van der Waals surface area (Å²) in [5.74, 6) is 0.808. The molecule has 4 aromatic rings. The van der Waals surface area contributed by atoms with Crippen LogP contribution in [0.3, 0.4) is 0 Å². The highest BCUT2D eigenvalue weighted by molar-refractivity contribution is 6.30. The Balaban J connectivity index is 1.44. The summed E-state index contributed by atoms with van der Waals surface area (Å²) >= 11 is 5.92. The van der Waals surface area contributed by atoms with Gasteiger partial charge in [0.05, 0.1) is 6.54 Å². The third-order valence-corrected chi connectivity index (χ3v) is 4.87. The molecular formula is C23H19ClN4O2. The maximum atomic E-state index is 12.4. The van der Waals surface area contributed by atoms with Gasteiger partial charge in [-0.1, -0.05) is 41.0 Å². The van der Waals surface area contributed by atoms with Gasteiger partial charge in [-0.15, -0.1) is 0 Å². The zero-order valence-electron chi connectivity index (χ0n) is 16.2. The molecule has 0 radical (unpaired) electrons. The van der Waals surface area contributed by atoms with Gasteiger partial charge in [0.15, 0.2) is 0 Å². The molecule has 7 heteroatoms. The summed E-state index contributed by atoms with van der Waals surface area (Å²) in [6, 6.07) is 22.0. The molecule has 150 valence electrons. The minimum absolute atomic E-state index is 0.152. The summed E-state index contributed by atoms with van der Waals surface area (Å²) in [4.78, 5) is 16.9. The number of benzene rings is 3. The van der Waals surface area contributed by atoms with E-state index in [1.165, 1.54) is 0 Å². The van der Waals surface area contributed by atoms with Crippen molar-refractivity contribution in [1.29, 1.82) is 0 Å². The zero-order valence-corrected chi connectivity index (χ0v) is 17.0. The molecule has 0 saturated heterocycles. The first-order valence-electron chi connectivity index (χ1n) is 9.38. The lowest BCUT2D eigenvalue weighted by Gasteiger charge is -2.13. The van der Waals surface area contributed by atoms with E-state index in [0.29, 0.717) is 28.8 Å².